The molecule has 0 aliphatic carbocycles. The van der Waals surface area contributed by atoms with Crippen LogP contribution in [0.3, 0.4) is 0 Å². The number of hydrogen-bond acceptors (Lipinski definition) is 7. The third-order valence-electron chi connectivity index (χ3n) is 7.46. The Morgan fingerprint density at radius 2 is 0.776 bits per heavy atom. The van der Waals surface area contributed by atoms with Crippen LogP contribution < -0.4 is 9.47 Å². The quantitative estimate of drug-likeness (QED) is 0.110. The van der Waals surface area contributed by atoms with E-state index in [1.165, 1.54) is 11.1 Å². The second-order valence-corrected chi connectivity index (χ2v) is 14.2. The van der Waals surface area contributed by atoms with E-state index in [0.29, 0.717) is 11.5 Å². The zero-order chi connectivity index (χ0) is 35.6. The molecule has 4 aromatic rings. The van der Waals surface area contributed by atoms with Crippen molar-refractivity contribution < 1.29 is 33.3 Å². The van der Waals surface area contributed by atoms with Gasteiger partial charge < -0.3 is 23.7 Å². The lowest BCUT2D eigenvalue weighted by Gasteiger charge is -2.27. The molecule has 7 heteroatoms. The zero-order valence-corrected chi connectivity index (χ0v) is 30.1. The molecule has 49 heavy (non-hydrogen) atoms. The summed E-state index contributed by atoms with van der Waals surface area (Å²) in [6.45, 7) is 15.1. The summed E-state index contributed by atoms with van der Waals surface area (Å²) in [7, 11) is 0. The fraction of sp³-hybridized carbons (Fsp3) is 0.381. The Hall–Kier alpha value is -4.62. The van der Waals surface area contributed by atoms with Gasteiger partial charge in [-0.15, -0.1) is 0 Å². The Labute approximate surface area is 291 Å². The summed E-state index contributed by atoms with van der Waals surface area (Å²) in [6, 6.07) is 31.6. The van der Waals surface area contributed by atoms with Crippen molar-refractivity contribution >= 4 is 12.3 Å². The van der Waals surface area contributed by atoms with Crippen molar-refractivity contribution in [1.29, 1.82) is 0 Å². The summed E-state index contributed by atoms with van der Waals surface area (Å²) in [5.74, 6) is 0.748. The van der Waals surface area contributed by atoms with E-state index in [2.05, 4.69) is 62.4 Å². The van der Waals surface area contributed by atoms with Crippen molar-refractivity contribution in [2.75, 3.05) is 0 Å². The maximum absolute atomic E-state index is 12.3. The first-order valence-electron chi connectivity index (χ1n) is 17.1. The Morgan fingerprint density at radius 3 is 1.04 bits per heavy atom. The molecule has 0 saturated heterocycles. The summed E-state index contributed by atoms with van der Waals surface area (Å²) in [6.07, 6.45) is 1.65. The Balaban J connectivity index is 1.70. The summed E-state index contributed by atoms with van der Waals surface area (Å²) in [5, 5.41) is 0. The minimum Gasteiger partial charge on any atom is -0.428 e. The van der Waals surface area contributed by atoms with Crippen LogP contribution in [0.2, 0.25) is 0 Å². The van der Waals surface area contributed by atoms with Crippen molar-refractivity contribution in [3.63, 3.8) is 0 Å². The number of hydrogen-bond donors (Lipinski definition) is 0. The van der Waals surface area contributed by atoms with Gasteiger partial charge in [-0.05, 0) is 112 Å². The second kappa shape index (κ2) is 16.7. The van der Waals surface area contributed by atoms with Gasteiger partial charge in [0.1, 0.15) is 34.9 Å². The molecule has 4 rings (SSSR count). The summed E-state index contributed by atoms with van der Waals surface area (Å²) >= 11 is 0. The maximum atomic E-state index is 12.3. The Kier molecular flexibility index (Phi) is 12.7. The van der Waals surface area contributed by atoms with E-state index in [0.717, 1.165) is 47.9 Å². The molecule has 2 atom stereocenters. The van der Waals surface area contributed by atoms with E-state index in [1.807, 2.05) is 24.3 Å². The SMILES string of the molecule is CCCc1ccc(C(OC(c2ccc(CCC)cc2)c2ccc(OC(=O)OC(C)(C)C)cc2)c2ccc(OC(=O)OC(C)(C)C)cc2)cc1. The molecular formula is C42H50O7. The van der Waals surface area contributed by atoms with E-state index in [9.17, 15) is 9.59 Å². The van der Waals surface area contributed by atoms with Crippen LogP contribution in [0, 0.1) is 0 Å². The van der Waals surface area contributed by atoms with Gasteiger partial charge in [0.25, 0.3) is 0 Å². The summed E-state index contributed by atoms with van der Waals surface area (Å²) in [5.41, 5.74) is 4.93. The molecule has 4 aromatic carbocycles. The van der Waals surface area contributed by atoms with Crippen LogP contribution in [0.1, 0.15) is 114 Å². The molecule has 0 radical (unpaired) electrons. The molecule has 0 aliphatic heterocycles. The van der Waals surface area contributed by atoms with Gasteiger partial charge in [0.15, 0.2) is 0 Å². The van der Waals surface area contributed by atoms with Crippen molar-refractivity contribution in [3.05, 3.63) is 130 Å². The fourth-order valence-electron chi connectivity index (χ4n) is 5.29. The maximum Gasteiger partial charge on any atom is 0.514 e. The molecule has 0 aromatic heterocycles. The lowest BCUT2D eigenvalue weighted by Crippen LogP contribution is -2.26. The predicted molar refractivity (Wildman–Crippen MR) is 192 cm³/mol. The van der Waals surface area contributed by atoms with Crippen molar-refractivity contribution in [3.8, 4) is 11.5 Å². The zero-order valence-electron chi connectivity index (χ0n) is 30.1. The molecule has 0 aliphatic rings. The molecule has 0 spiro atoms. The minimum absolute atomic E-state index is 0.374. The number of rotatable bonds is 12. The number of ether oxygens (including phenoxy) is 5. The van der Waals surface area contributed by atoms with E-state index in [-0.39, 0.29) is 0 Å². The first-order valence-corrected chi connectivity index (χ1v) is 17.1. The fourth-order valence-corrected chi connectivity index (χ4v) is 5.29. The van der Waals surface area contributed by atoms with Gasteiger partial charge in [0, 0.05) is 0 Å². The third kappa shape index (κ3) is 11.8. The molecule has 0 fully saturated rings. The first kappa shape index (κ1) is 37.2. The van der Waals surface area contributed by atoms with Crippen LogP contribution in [0.5, 0.6) is 11.5 Å². The van der Waals surface area contributed by atoms with Gasteiger partial charge in [-0.3, -0.25) is 0 Å². The highest BCUT2D eigenvalue weighted by molar-refractivity contribution is 5.65. The van der Waals surface area contributed by atoms with E-state index < -0.39 is 35.7 Å². The van der Waals surface area contributed by atoms with Gasteiger partial charge in [-0.1, -0.05) is 99.5 Å². The molecule has 260 valence electrons. The van der Waals surface area contributed by atoms with E-state index in [1.54, 1.807) is 65.8 Å². The highest BCUT2D eigenvalue weighted by Crippen LogP contribution is 2.37. The van der Waals surface area contributed by atoms with Crippen molar-refractivity contribution in [2.24, 2.45) is 0 Å². The topological polar surface area (TPSA) is 80.3 Å². The van der Waals surface area contributed by atoms with Gasteiger partial charge >= 0.3 is 12.3 Å². The highest BCUT2D eigenvalue weighted by atomic mass is 16.7. The lowest BCUT2D eigenvalue weighted by atomic mass is 9.96. The van der Waals surface area contributed by atoms with Gasteiger partial charge in [0.2, 0.25) is 0 Å². The van der Waals surface area contributed by atoms with Crippen molar-refractivity contribution in [1.82, 2.24) is 0 Å². The molecule has 0 heterocycles. The van der Waals surface area contributed by atoms with Crippen LogP contribution in [0.25, 0.3) is 0 Å². The number of aryl methyl sites for hydroxylation is 2. The van der Waals surface area contributed by atoms with Crippen LogP contribution >= 0.6 is 0 Å². The molecule has 7 nitrogen and oxygen atoms in total. The van der Waals surface area contributed by atoms with Crippen LogP contribution in [-0.4, -0.2) is 23.5 Å². The number of carbonyl (C=O) groups excluding carboxylic acids is 2. The van der Waals surface area contributed by atoms with Crippen molar-refractivity contribution in [2.45, 2.75) is 104 Å². The average Bonchev–Trinajstić information content (AvgIpc) is 3.02. The van der Waals surface area contributed by atoms with Crippen LogP contribution in [0.4, 0.5) is 9.59 Å². The molecule has 0 N–H and O–H groups in total. The summed E-state index contributed by atoms with van der Waals surface area (Å²) in [4.78, 5) is 24.6. The van der Waals surface area contributed by atoms with Crippen LogP contribution in [-0.2, 0) is 27.1 Å². The summed E-state index contributed by atoms with van der Waals surface area (Å²) < 4.78 is 28.6. The molecular weight excluding hydrogens is 616 g/mol. The van der Waals surface area contributed by atoms with Crippen LogP contribution in [0.15, 0.2) is 97.1 Å². The Morgan fingerprint density at radius 1 is 0.490 bits per heavy atom. The molecule has 2 unspecified atom stereocenters. The largest absolute Gasteiger partial charge is 0.514 e. The normalized spacial score (nSPS) is 12.9. The standard InChI is InChI=1S/C42H50O7/c1-9-11-29-13-17-31(18-14-29)37(33-21-25-35(26-22-33)45-39(43)48-41(3,4)5)47-38(32-19-15-30(12-10-2)16-20-32)34-23-27-36(28-24-34)46-40(44)49-42(6,7)8/h13-28,37-38H,9-12H2,1-8H3. The molecule has 0 saturated carbocycles. The van der Waals surface area contributed by atoms with E-state index in [4.69, 9.17) is 23.7 Å². The van der Waals surface area contributed by atoms with E-state index >= 15 is 0 Å². The van der Waals surface area contributed by atoms with Gasteiger partial charge in [-0.25, -0.2) is 9.59 Å². The minimum atomic E-state index is -0.759. The highest BCUT2D eigenvalue weighted by Gasteiger charge is 2.25. The van der Waals surface area contributed by atoms with Gasteiger partial charge in [0.05, 0.1) is 0 Å². The molecule has 0 amide bonds. The number of carbonyl (C=O) groups is 2. The smallest absolute Gasteiger partial charge is 0.428 e. The lowest BCUT2D eigenvalue weighted by molar-refractivity contribution is 0.0193. The second-order valence-electron chi connectivity index (χ2n) is 14.2. The third-order valence-corrected chi connectivity index (χ3v) is 7.46. The Bertz CT molecular complexity index is 1500. The average molecular weight is 667 g/mol. The monoisotopic (exact) mass is 666 g/mol. The van der Waals surface area contributed by atoms with Gasteiger partial charge in [-0.2, -0.15) is 0 Å². The molecule has 0 bridgehead atoms. The predicted octanol–water partition coefficient (Wildman–Crippen LogP) is 11.1. The number of benzene rings is 4. The first-order chi connectivity index (χ1) is 23.2.